The molecule has 0 radical (unpaired) electrons. The van der Waals surface area contributed by atoms with Gasteiger partial charge in [0, 0.05) is 31.1 Å². The zero-order chi connectivity index (χ0) is 12.5. The van der Waals surface area contributed by atoms with E-state index in [2.05, 4.69) is 15.1 Å². The summed E-state index contributed by atoms with van der Waals surface area (Å²) in [5.41, 5.74) is 1.54. The van der Waals surface area contributed by atoms with E-state index >= 15 is 0 Å². The number of hydrogen-bond acceptors (Lipinski definition) is 5. The minimum absolute atomic E-state index is 0.339. The van der Waals surface area contributed by atoms with E-state index in [1.54, 1.807) is 29.0 Å². The summed E-state index contributed by atoms with van der Waals surface area (Å²) in [6, 6.07) is 1.82. The van der Waals surface area contributed by atoms with E-state index in [-0.39, 0.29) is 6.09 Å². The molecule has 3 heterocycles. The maximum absolute atomic E-state index is 11.5. The van der Waals surface area contributed by atoms with Crippen molar-refractivity contribution in [1.29, 1.82) is 0 Å². The predicted octanol–water partition coefficient (Wildman–Crippen LogP) is 0.834. The van der Waals surface area contributed by atoms with Gasteiger partial charge in [0.2, 0.25) is 0 Å². The number of carbonyl (C=O) groups excluding carboxylic acids is 1. The Morgan fingerprint density at radius 1 is 1.33 bits per heavy atom. The normalized spacial score (nSPS) is 14.9. The van der Waals surface area contributed by atoms with Gasteiger partial charge >= 0.3 is 6.09 Å². The number of aromatic nitrogens is 4. The van der Waals surface area contributed by atoms with E-state index in [4.69, 9.17) is 4.74 Å². The zero-order valence-electron chi connectivity index (χ0n) is 9.78. The highest BCUT2D eigenvalue weighted by atomic mass is 16.6. The molecule has 18 heavy (non-hydrogen) atoms. The summed E-state index contributed by atoms with van der Waals surface area (Å²) in [5, 5.41) is 4.35. The third kappa shape index (κ3) is 1.69. The molecule has 0 unspecified atom stereocenters. The van der Waals surface area contributed by atoms with Crippen LogP contribution in [0.4, 0.5) is 10.6 Å². The van der Waals surface area contributed by atoms with Crippen molar-refractivity contribution in [3.63, 3.8) is 0 Å². The summed E-state index contributed by atoms with van der Waals surface area (Å²) < 4.78 is 6.56. The summed E-state index contributed by atoms with van der Waals surface area (Å²) in [7, 11) is 1.79. The van der Waals surface area contributed by atoms with Gasteiger partial charge in [-0.3, -0.25) is 9.58 Å². The average Bonchev–Trinajstić information content (AvgIpc) is 2.96. The first-order valence-electron chi connectivity index (χ1n) is 5.49. The Balaban J connectivity index is 1.99. The quantitative estimate of drug-likeness (QED) is 0.783. The largest absolute Gasteiger partial charge is 0.447 e. The second-order valence-corrected chi connectivity index (χ2v) is 3.90. The highest BCUT2D eigenvalue weighted by molar-refractivity contribution is 5.89. The number of ether oxygens (including phenoxy) is 1. The van der Waals surface area contributed by atoms with E-state index in [0.29, 0.717) is 19.0 Å². The van der Waals surface area contributed by atoms with Gasteiger partial charge in [-0.1, -0.05) is 0 Å². The molecule has 0 N–H and O–H groups in total. The van der Waals surface area contributed by atoms with E-state index in [0.717, 1.165) is 11.3 Å². The molecule has 3 rings (SSSR count). The van der Waals surface area contributed by atoms with Crippen LogP contribution in [0, 0.1) is 0 Å². The van der Waals surface area contributed by atoms with Crippen molar-refractivity contribution in [2.45, 2.75) is 0 Å². The number of cyclic esters (lactones) is 1. The standard InChI is InChI=1S/C11H11N5O2/c1-15-10(16-2-3-18-11(16)17)4-9(14-15)8-5-12-7-13-6-8/h4-7H,2-3H2,1H3. The number of carbonyl (C=O) groups is 1. The Morgan fingerprint density at radius 2 is 2.11 bits per heavy atom. The van der Waals surface area contributed by atoms with Gasteiger partial charge in [0.1, 0.15) is 18.8 Å². The summed E-state index contributed by atoms with van der Waals surface area (Å²) in [6.45, 7) is 0.955. The summed E-state index contributed by atoms with van der Waals surface area (Å²) in [5.74, 6) is 0.705. The van der Waals surface area contributed by atoms with E-state index in [1.165, 1.54) is 6.33 Å². The molecule has 1 aliphatic heterocycles. The van der Waals surface area contributed by atoms with Gasteiger partial charge < -0.3 is 4.74 Å². The van der Waals surface area contributed by atoms with Crippen molar-refractivity contribution in [2.75, 3.05) is 18.1 Å². The van der Waals surface area contributed by atoms with Gasteiger partial charge in [-0.05, 0) is 0 Å². The van der Waals surface area contributed by atoms with Crippen LogP contribution in [0.1, 0.15) is 0 Å². The Kier molecular flexibility index (Phi) is 2.44. The number of hydrogen-bond donors (Lipinski definition) is 0. The van der Waals surface area contributed by atoms with Crippen molar-refractivity contribution in [3.05, 3.63) is 24.8 Å². The minimum Gasteiger partial charge on any atom is -0.447 e. The fourth-order valence-corrected chi connectivity index (χ4v) is 1.88. The van der Waals surface area contributed by atoms with Gasteiger partial charge in [-0.15, -0.1) is 0 Å². The monoisotopic (exact) mass is 245 g/mol. The molecule has 92 valence electrons. The third-order valence-corrected chi connectivity index (χ3v) is 2.75. The van der Waals surface area contributed by atoms with Crippen molar-refractivity contribution >= 4 is 11.9 Å². The third-order valence-electron chi connectivity index (χ3n) is 2.75. The van der Waals surface area contributed by atoms with Crippen molar-refractivity contribution in [2.24, 2.45) is 7.05 Å². The number of rotatable bonds is 2. The molecule has 1 fully saturated rings. The SMILES string of the molecule is Cn1nc(-c2cncnc2)cc1N1CCOC1=O. The zero-order valence-corrected chi connectivity index (χ0v) is 9.78. The van der Waals surface area contributed by atoms with E-state index in [1.807, 2.05) is 6.07 Å². The molecule has 0 saturated carbocycles. The lowest BCUT2D eigenvalue weighted by Gasteiger charge is -2.11. The molecule has 0 spiro atoms. The van der Waals surface area contributed by atoms with Crippen molar-refractivity contribution in [1.82, 2.24) is 19.7 Å². The molecular weight excluding hydrogens is 234 g/mol. The second-order valence-electron chi connectivity index (χ2n) is 3.90. The fourth-order valence-electron chi connectivity index (χ4n) is 1.88. The van der Waals surface area contributed by atoms with Gasteiger partial charge in [0.15, 0.2) is 0 Å². The molecule has 0 aliphatic carbocycles. The summed E-state index contributed by atoms with van der Waals surface area (Å²) in [6.07, 6.45) is 4.49. The highest BCUT2D eigenvalue weighted by Gasteiger charge is 2.26. The Labute approximate surface area is 103 Å². The predicted molar refractivity (Wildman–Crippen MR) is 62.9 cm³/mol. The molecule has 7 heteroatoms. The average molecular weight is 245 g/mol. The maximum atomic E-state index is 11.5. The molecule has 1 amide bonds. The molecule has 0 bridgehead atoms. The van der Waals surface area contributed by atoms with Crippen molar-refractivity contribution in [3.8, 4) is 11.3 Å². The van der Waals surface area contributed by atoms with Crippen LogP contribution in [-0.4, -0.2) is 39.0 Å². The van der Waals surface area contributed by atoms with Crippen LogP contribution in [0.25, 0.3) is 11.3 Å². The van der Waals surface area contributed by atoms with Crippen LogP contribution in [0.15, 0.2) is 24.8 Å². The molecule has 0 atom stereocenters. The lowest BCUT2D eigenvalue weighted by molar-refractivity contribution is 0.181. The second kappa shape index (κ2) is 4.10. The number of amides is 1. The number of anilines is 1. The highest BCUT2D eigenvalue weighted by Crippen LogP contribution is 2.24. The van der Waals surface area contributed by atoms with Crippen LogP contribution in [0.3, 0.4) is 0 Å². The first-order chi connectivity index (χ1) is 8.75. The van der Waals surface area contributed by atoms with Gasteiger partial charge in [-0.25, -0.2) is 14.8 Å². The van der Waals surface area contributed by atoms with Gasteiger partial charge in [-0.2, -0.15) is 5.10 Å². The first-order valence-corrected chi connectivity index (χ1v) is 5.49. The Morgan fingerprint density at radius 3 is 2.78 bits per heavy atom. The first kappa shape index (κ1) is 10.7. The summed E-state index contributed by atoms with van der Waals surface area (Å²) >= 11 is 0. The Bertz CT molecular complexity index is 580. The van der Waals surface area contributed by atoms with E-state index < -0.39 is 0 Å². The number of aryl methyl sites for hydroxylation is 1. The van der Waals surface area contributed by atoms with Crippen LogP contribution in [0.5, 0.6) is 0 Å². The van der Waals surface area contributed by atoms with Crippen molar-refractivity contribution < 1.29 is 9.53 Å². The lowest BCUT2D eigenvalue weighted by atomic mass is 10.2. The van der Waals surface area contributed by atoms with Crippen LogP contribution in [0.2, 0.25) is 0 Å². The topological polar surface area (TPSA) is 73.1 Å². The lowest BCUT2D eigenvalue weighted by Crippen LogP contribution is -2.25. The van der Waals surface area contributed by atoms with Gasteiger partial charge in [0.05, 0.1) is 12.2 Å². The molecule has 1 aliphatic rings. The minimum atomic E-state index is -0.339. The molecular formula is C11H11N5O2. The van der Waals surface area contributed by atoms with Crippen LogP contribution >= 0.6 is 0 Å². The molecule has 7 nitrogen and oxygen atoms in total. The molecule has 0 aromatic carbocycles. The van der Waals surface area contributed by atoms with Gasteiger partial charge in [0.25, 0.3) is 0 Å². The smallest absolute Gasteiger partial charge is 0.415 e. The van der Waals surface area contributed by atoms with Crippen LogP contribution in [-0.2, 0) is 11.8 Å². The molecule has 1 saturated heterocycles. The van der Waals surface area contributed by atoms with E-state index in [9.17, 15) is 4.79 Å². The summed E-state index contributed by atoms with van der Waals surface area (Å²) in [4.78, 5) is 21.0. The Hall–Kier alpha value is -2.44. The molecule has 2 aromatic rings. The number of nitrogens with zero attached hydrogens (tertiary/aromatic N) is 5. The maximum Gasteiger partial charge on any atom is 0.415 e. The molecule has 2 aromatic heterocycles. The van der Waals surface area contributed by atoms with Crippen LogP contribution < -0.4 is 4.90 Å². The fraction of sp³-hybridized carbons (Fsp3) is 0.273.